The van der Waals surface area contributed by atoms with E-state index in [9.17, 15) is 0 Å². The van der Waals surface area contributed by atoms with Gasteiger partial charge in [-0.2, -0.15) is 0 Å². The predicted octanol–water partition coefficient (Wildman–Crippen LogP) is 3.22. The molecule has 3 nitrogen and oxygen atoms in total. The van der Waals surface area contributed by atoms with Crippen LogP contribution in [0.5, 0.6) is 0 Å². The van der Waals surface area contributed by atoms with Crippen molar-refractivity contribution in [2.24, 2.45) is 5.84 Å². The summed E-state index contributed by atoms with van der Waals surface area (Å²) in [7, 11) is 0. The van der Waals surface area contributed by atoms with Crippen molar-refractivity contribution in [3.05, 3.63) is 35.2 Å². The second kappa shape index (κ2) is 6.85. The van der Waals surface area contributed by atoms with Crippen LogP contribution in [-0.4, -0.2) is 13.2 Å². The van der Waals surface area contributed by atoms with E-state index in [1.54, 1.807) is 11.3 Å². The van der Waals surface area contributed by atoms with Gasteiger partial charge >= 0.3 is 0 Å². The third kappa shape index (κ3) is 3.09. The lowest BCUT2D eigenvalue weighted by atomic mass is 10.0. The summed E-state index contributed by atoms with van der Waals surface area (Å²) in [5.41, 5.74) is 4.22. The Bertz CT molecular complexity index is 483. The number of nitrogens with two attached hydrogens (primary N) is 1. The van der Waals surface area contributed by atoms with Gasteiger partial charge in [0.1, 0.15) is 0 Å². The molecule has 0 radical (unpaired) electrons. The number of rotatable bonds is 7. The minimum atomic E-state index is 0.202. The summed E-state index contributed by atoms with van der Waals surface area (Å²) in [5.74, 6) is 5.69. The molecule has 3 N–H and O–H groups in total. The van der Waals surface area contributed by atoms with Gasteiger partial charge in [-0.05, 0) is 42.2 Å². The maximum absolute atomic E-state index is 5.69. The number of thiophene rings is 1. The summed E-state index contributed by atoms with van der Waals surface area (Å²) in [4.78, 5) is 0. The highest BCUT2D eigenvalue weighted by Crippen LogP contribution is 2.30. The van der Waals surface area contributed by atoms with Crippen molar-refractivity contribution in [3.63, 3.8) is 0 Å². The number of benzene rings is 1. The Kier molecular flexibility index (Phi) is 5.13. The van der Waals surface area contributed by atoms with Crippen LogP contribution in [-0.2, 0) is 4.74 Å². The second-order valence-corrected chi connectivity index (χ2v) is 5.16. The molecular formula is C14H20N2OS. The topological polar surface area (TPSA) is 47.3 Å². The number of fused-ring (bicyclic) bond motifs is 1. The minimum absolute atomic E-state index is 0.202. The van der Waals surface area contributed by atoms with Crippen LogP contribution in [0.25, 0.3) is 10.1 Å². The highest BCUT2D eigenvalue weighted by Gasteiger charge is 2.13. The summed E-state index contributed by atoms with van der Waals surface area (Å²) in [6.07, 6.45) is 2.01. The Hall–Kier alpha value is -0.940. The molecular weight excluding hydrogens is 244 g/mol. The van der Waals surface area contributed by atoms with Crippen LogP contribution in [0.15, 0.2) is 29.6 Å². The van der Waals surface area contributed by atoms with Gasteiger partial charge in [-0.3, -0.25) is 11.3 Å². The smallest absolute Gasteiger partial charge is 0.0475 e. The summed E-state index contributed by atoms with van der Waals surface area (Å²) < 4.78 is 6.70. The van der Waals surface area contributed by atoms with E-state index in [0.29, 0.717) is 0 Å². The van der Waals surface area contributed by atoms with Crippen LogP contribution in [0.2, 0.25) is 0 Å². The zero-order chi connectivity index (χ0) is 12.8. The molecule has 0 aliphatic carbocycles. The first-order chi connectivity index (χ1) is 8.86. The van der Waals surface area contributed by atoms with E-state index in [0.717, 1.165) is 26.1 Å². The van der Waals surface area contributed by atoms with E-state index in [-0.39, 0.29) is 6.04 Å². The molecule has 0 aliphatic rings. The van der Waals surface area contributed by atoms with E-state index in [4.69, 9.17) is 10.6 Å². The fourth-order valence-electron chi connectivity index (χ4n) is 2.15. The Balaban J connectivity index is 2.09. The van der Waals surface area contributed by atoms with Crippen LogP contribution in [0.1, 0.15) is 31.4 Å². The van der Waals surface area contributed by atoms with Crippen molar-refractivity contribution in [2.75, 3.05) is 13.2 Å². The van der Waals surface area contributed by atoms with Crippen LogP contribution < -0.4 is 11.3 Å². The predicted molar refractivity (Wildman–Crippen MR) is 77.6 cm³/mol. The molecule has 2 rings (SSSR count). The van der Waals surface area contributed by atoms with Crippen LogP contribution >= 0.6 is 11.3 Å². The lowest BCUT2D eigenvalue weighted by Crippen LogP contribution is -2.28. The van der Waals surface area contributed by atoms with Gasteiger partial charge in [-0.25, -0.2) is 0 Å². The van der Waals surface area contributed by atoms with Crippen molar-refractivity contribution in [2.45, 2.75) is 25.8 Å². The molecule has 1 aromatic heterocycles. The first-order valence-corrected chi connectivity index (χ1v) is 7.24. The molecule has 1 unspecified atom stereocenters. The molecule has 18 heavy (non-hydrogen) atoms. The van der Waals surface area contributed by atoms with Gasteiger partial charge in [0, 0.05) is 24.0 Å². The summed E-state index contributed by atoms with van der Waals surface area (Å²) in [6.45, 7) is 3.60. The maximum atomic E-state index is 5.69. The first-order valence-electron chi connectivity index (χ1n) is 6.36. The Morgan fingerprint density at radius 3 is 3.06 bits per heavy atom. The molecule has 1 aromatic carbocycles. The number of nitrogens with one attached hydrogen (secondary N) is 1. The zero-order valence-corrected chi connectivity index (χ0v) is 11.5. The molecule has 0 bridgehead atoms. The van der Waals surface area contributed by atoms with Crippen molar-refractivity contribution in [1.82, 2.24) is 5.43 Å². The summed E-state index contributed by atoms with van der Waals surface area (Å²) >= 11 is 1.77. The third-order valence-corrected chi connectivity index (χ3v) is 4.05. The first kappa shape index (κ1) is 13.5. The van der Waals surface area contributed by atoms with Gasteiger partial charge in [0.25, 0.3) is 0 Å². The molecule has 0 saturated carbocycles. The molecule has 4 heteroatoms. The largest absolute Gasteiger partial charge is 0.382 e. The summed E-state index contributed by atoms with van der Waals surface area (Å²) in [6, 6.07) is 8.75. The van der Waals surface area contributed by atoms with Crippen molar-refractivity contribution < 1.29 is 4.74 Å². The highest BCUT2D eigenvalue weighted by molar-refractivity contribution is 7.17. The SMILES string of the molecule is CCOCCCC(NN)c1cccc2ccsc12. The second-order valence-electron chi connectivity index (χ2n) is 4.24. The Morgan fingerprint density at radius 1 is 1.39 bits per heavy atom. The van der Waals surface area contributed by atoms with E-state index in [1.165, 1.54) is 15.6 Å². The molecule has 1 heterocycles. The molecule has 0 saturated heterocycles. The standard InChI is InChI=1S/C14H20N2OS/c1-2-17-9-4-7-13(16-15)12-6-3-5-11-8-10-18-14(11)12/h3,5-6,8,10,13,16H,2,4,7,9,15H2,1H3. The highest BCUT2D eigenvalue weighted by atomic mass is 32.1. The van der Waals surface area contributed by atoms with Crippen molar-refractivity contribution >= 4 is 21.4 Å². The van der Waals surface area contributed by atoms with Crippen molar-refractivity contribution in [1.29, 1.82) is 0 Å². The van der Waals surface area contributed by atoms with Crippen molar-refractivity contribution in [3.8, 4) is 0 Å². The van der Waals surface area contributed by atoms with E-state index in [1.807, 2.05) is 6.92 Å². The van der Waals surface area contributed by atoms with Gasteiger partial charge in [0.2, 0.25) is 0 Å². The average Bonchev–Trinajstić information content (AvgIpc) is 2.87. The average molecular weight is 264 g/mol. The molecule has 98 valence electrons. The van der Waals surface area contributed by atoms with E-state index in [2.05, 4.69) is 35.1 Å². The number of hydrogen-bond donors (Lipinski definition) is 2. The maximum Gasteiger partial charge on any atom is 0.0475 e. The quantitative estimate of drug-likeness (QED) is 0.458. The minimum Gasteiger partial charge on any atom is -0.382 e. The van der Waals surface area contributed by atoms with Crippen LogP contribution in [0.4, 0.5) is 0 Å². The normalized spacial score (nSPS) is 13.0. The lowest BCUT2D eigenvalue weighted by molar-refractivity contribution is 0.141. The fourth-order valence-corrected chi connectivity index (χ4v) is 3.12. The van der Waals surface area contributed by atoms with Crippen LogP contribution in [0.3, 0.4) is 0 Å². The molecule has 0 spiro atoms. The fraction of sp³-hybridized carbons (Fsp3) is 0.429. The molecule has 0 fully saturated rings. The van der Waals surface area contributed by atoms with E-state index >= 15 is 0 Å². The Morgan fingerprint density at radius 2 is 2.28 bits per heavy atom. The molecule has 1 atom stereocenters. The molecule has 0 amide bonds. The number of hydrogen-bond acceptors (Lipinski definition) is 4. The number of hydrazine groups is 1. The Labute approximate surface area is 112 Å². The summed E-state index contributed by atoms with van der Waals surface area (Å²) in [5, 5.41) is 3.42. The van der Waals surface area contributed by atoms with Crippen LogP contribution in [0, 0.1) is 0 Å². The molecule has 0 aliphatic heterocycles. The zero-order valence-electron chi connectivity index (χ0n) is 10.7. The van der Waals surface area contributed by atoms with Gasteiger partial charge in [-0.15, -0.1) is 11.3 Å². The van der Waals surface area contributed by atoms with Gasteiger partial charge in [-0.1, -0.05) is 18.2 Å². The van der Waals surface area contributed by atoms with Gasteiger partial charge < -0.3 is 4.74 Å². The number of ether oxygens (including phenoxy) is 1. The monoisotopic (exact) mass is 264 g/mol. The van der Waals surface area contributed by atoms with Gasteiger partial charge in [0.05, 0.1) is 0 Å². The lowest BCUT2D eigenvalue weighted by Gasteiger charge is -2.17. The third-order valence-electron chi connectivity index (χ3n) is 3.07. The van der Waals surface area contributed by atoms with E-state index < -0.39 is 0 Å². The molecule has 2 aromatic rings. The van der Waals surface area contributed by atoms with Gasteiger partial charge in [0.15, 0.2) is 0 Å².